The second-order valence-corrected chi connectivity index (χ2v) is 11.6. The monoisotopic (exact) mass is 342 g/mol. The summed E-state index contributed by atoms with van der Waals surface area (Å²) in [7, 11) is -1.64. The Morgan fingerprint density at radius 1 is 1.00 bits per heavy atom. The molecule has 0 spiro atoms. The van der Waals surface area contributed by atoms with Crippen LogP contribution in [0.5, 0.6) is 0 Å². The van der Waals surface area contributed by atoms with E-state index in [0.29, 0.717) is 5.92 Å². The smallest absolute Gasteiger partial charge is 0.250 e. The van der Waals surface area contributed by atoms with Crippen LogP contribution in [0.4, 0.5) is 0 Å². The van der Waals surface area contributed by atoms with Gasteiger partial charge in [0.2, 0.25) is 8.32 Å². The summed E-state index contributed by atoms with van der Waals surface area (Å²) in [5.74, 6) is 8.51. The molecule has 0 aliphatic rings. The van der Waals surface area contributed by atoms with Crippen molar-refractivity contribution >= 4 is 8.32 Å². The molecule has 0 unspecified atom stereocenters. The minimum Gasteiger partial charge on any atom is -0.546 e. The van der Waals surface area contributed by atoms with E-state index >= 15 is 0 Å². The van der Waals surface area contributed by atoms with Crippen molar-refractivity contribution in [2.75, 3.05) is 0 Å². The van der Waals surface area contributed by atoms with Gasteiger partial charge in [0.1, 0.15) is 0 Å². The molecular formula is C22H34OSi. The van der Waals surface area contributed by atoms with Crippen molar-refractivity contribution < 1.29 is 4.43 Å². The van der Waals surface area contributed by atoms with E-state index in [-0.39, 0.29) is 5.92 Å². The molecule has 1 aromatic carbocycles. The van der Waals surface area contributed by atoms with Crippen LogP contribution in [-0.2, 0) is 4.43 Å². The highest BCUT2D eigenvalue weighted by Crippen LogP contribution is 2.32. The van der Waals surface area contributed by atoms with Gasteiger partial charge in [-0.2, -0.15) is 0 Å². The maximum atomic E-state index is 6.73. The maximum absolute atomic E-state index is 6.73. The molecule has 0 aliphatic heterocycles. The zero-order valence-corrected chi connectivity index (χ0v) is 17.6. The molecule has 0 saturated carbocycles. The fourth-order valence-electron chi connectivity index (χ4n) is 2.92. The molecule has 0 bridgehead atoms. The Morgan fingerprint density at radius 3 is 2.00 bits per heavy atom. The van der Waals surface area contributed by atoms with E-state index in [4.69, 9.17) is 4.43 Å². The summed E-state index contributed by atoms with van der Waals surface area (Å²) in [5.41, 5.74) is 2.37. The first kappa shape index (κ1) is 20.6. The average molecular weight is 343 g/mol. The Hall–Kier alpha value is -1.46. The van der Waals surface area contributed by atoms with E-state index in [0.717, 1.165) is 5.56 Å². The van der Waals surface area contributed by atoms with Crippen molar-refractivity contribution in [3.8, 4) is 11.8 Å². The highest BCUT2D eigenvalue weighted by atomic mass is 28.4. The van der Waals surface area contributed by atoms with E-state index in [2.05, 4.69) is 72.4 Å². The van der Waals surface area contributed by atoms with Gasteiger partial charge in [-0.05, 0) is 49.7 Å². The van der Waals surface area contributed by atoms with Crippen LogP contribution in [0.3, 0.4) is 0 Å². The molecule has 24 heavy (non-hydrogen) atoms. The molecule has 1 aromatic rings. The largest absolute Gasteiger partial charge is 0.546 e. The SMILES string of the molecule is CC[Si](CC)(CC)OC(=C(C)C)[C@H](C)[C@H](C)C#Cc1ccccc1. The highest BCUT2D eigenvalue weighted by molar-refractivity contribution is 6.73. The topological polar surface area (TPSA) is 9.23 Å². The van der Waals surface area contributed by atoms with Crippen LogP contribution in [0, 0.1) is 23.7 Å². The molecule has 2 heteroatoms. The molecule has 0 fully saturated rings. The van der Waals surface area contributed by atoms with E-state index in [1.807, 2.05) is 18.2 Å². The summed E-state index contributed by atoms with van der Waals surface area (Å²) < 4.78 is 6.73. The lowest BCUT2D eigenvalue weighted by atomic mass is 9.92. The van der Waals surface area contributed by atoms with Gasteiger partial charge in [-0.1, -0.05) is 64.7 Å². The fraction of sp³-hybridized carbons (Fsp3) is 0.545. The van der Waals surface area contributed by atoms with Crippen LogP contribution in [0.2, 0.25) is 18.1 Å². The number of hydrogen-bond donors (Lipinski definition) is 0. The van der Waals surface area contributed by atoms with Crippen LogP contribution in [0.15, 0.2) is 41.7 Å². The summed E-state index contributed by atoms with van der Waals surface area (Å²) in [6.07, 6.45) is 0. The standard InChI is InChI=1S/C22H34OSi/c1-8-24(9-2,10-3)23-22(18(4)5)20(7)19(6)16-17-21-14-12-11-13-15-21/h11-15,19-20H,8-10H2,1-7H3/t19-,20-/m1/s1. The molecule has 0 heterocycles. The Kier molecular flexibility index (Phi) is 8.35. The van der Waals surface area contributed by atoms with Crippen molar-refractivity contribution in [3.05, 3.63) is 47.2 Å². The third-order valence-electron chi connectivity index (χ3n) is 5.13. The van der Waals surface area contributed by atoms with Gasteiger partial charge in [0, 0.05) is 17.4 Å². The van der Waals surface area contributed by atoms with Gasteiger partial charge in [0.05, 0.1) is 5.76 Å². The molecule has 0 N–H and O–H groups in total. The summed E-state index contributed by atoms with van der Waals surface area (Å²) in [5, 5.41) is 0. The average Bonchev–Trinajstić information content (AvgIpc) is 2.61. The third-order valence-corrected chi connectivity index (χ3v) is 9.65. The lowest BCUT2D eigenvalue weighted by Gasteiger charge is -2.34. The Labute approximate surface area is 150 Å². The number of benzene rings is 1. The third kappa shape index (κ3) is 5.56. The first-order chi connectivity index (χ1) is 11.4. The molecule has 1 rings (SSSR count). The normalized spacial score (nSPS) is 13.5. The summed E-state index contributed by atoms with van der Waals surface area (Å²) in [4.78, 5) is 0. The predicted octanol–water partition coefficient (Wildman–Crippen LogP) is 6.63. The summed E-state index contributed by atoms with van der Waals surface area (Å²) in [6.45, 7) is 15.7. The van der Waals surface area contributed by atoms with Gasteiger partial charge in [-0.3, -0.25) is 0 Å². The first-order valence-electron chi connectivity index (χ1n) is 9.32. The lowest BCUT2D eigenvalue weighted by molar-refractivity contribution is 0.310. The highest BCUT2D eigenvalue weighted by Gasteiger charge is 2.33. The van der Waals surface area contributed by atoms with Crippen molar-refractivity contribution in [1.29, 1.82) is 0 Å². The zero-order chi connectivity index (χ0) is 18.2. The van der Waals surface area contributed by atoms with E-state index in [1.54, 1.807) is 0 Å². The van der Waals surface area contributed by atoms with Gasteiger partial charge < -0.3 is 4.43 Å². The Bertz CT molecular complexity index is 575. The fourth-order valence-corrected chi connectivity index (χ4v) is 5.71. The second-order valence-electron chi connectivity index (χ2n) is 6.92. The van der Waals surface area contributed by atoms with Crippen molar-refractivity contribution in [2.24, 2.45) is 11.8 Å². The van der Waals surface area contributed by atoms with Crippen LogP contribution in [-0.4, -0.2) is 8.32 Å². The molecule has 0 radical (unpaired) electrons. The molecule has 0 aliphatic carbocycles. The Morgan fingerprint density at radius 2 is 1.54 bits per heavy atom. The van der Waals surface area contributed by atoms with Crippen LogP contribution < -0.4 is 0 Å². The van der Waals surface area contributed by atoms with Gasteiger partial charge in [-0.15, -0.1) is 0 Å². The number of rotatable bonds is 7. The molecule has 0 aromatic heterocycles. The summed E-state index contributed by atoms with van der Waals surface area (Å²) >= 11 is 0. The Balaban J connectivity index is 2.97. The van der Waals surface area contributed by atoms with Crippen molar-refractivity contribution in [1.82, 2.24) is 0 Å². The molecule has 1 nitrogen and oxygen atoms in total. The van der Waals surface area contributed by atoms with Gasteiger partial charge in [0.25, 0.3) is 0 Å². The molecule has 2 atom stereocenters. The second kappa shape index (κ2) is 9.74. The minimum absolute atomic E-state index is 0.271. The first-order valence-corrected chi connectivity index (χ1v) is 11.8. The van der Waals surface area contributed by atoms with Crippen LogP contribution in [0.1, 0.15) is 54.0 Å². The molecule has 0 amide bonds. The van der Waals surface area contributed by atoms with E-state index < -0.39 is 8.32 Å². The van der Waals surface area contributed by atoms with E-state index in [9.17, 15) is 0 Å². The van der Waals surface area contributed by atoms with Crippen LogP contribution in [0.25, 0.3) is 0 Å². The van der Waals surface area contributed by atoms with Gasteiger partial charge in [0.15, 0.2) is 0 Å². The summed E-state index contributed by atoms with van der Waals surface area (Å²) in [6, 6.07) is 13.7. The minimum atomic E-state index is -1.64. The zero-order valence-electron chi connectivity index (χ0n) is 16.6. The number of allylic oxidation sites excluding steroid dienone is 2. The maximum Gasteiger partial charge on any atom is 0.250 e. The predicted molar refractivity (Wildman–Crippen MR) is 108 cm³/mol. The van der Waals surface area contributed by atoms with E-state index in [1.165, 1.54) is 29.5 Å². The van der Waals surface area contributed by atoms with Gasteiger partial charge in [-0.25, -0.2) is 0 Å². The lowest BCUT2D eigenvalue weighted by Crippen LogP contribution is -2.37. The molecular weight excluding hydrogens is 308 g/mol. The van der Waals surface area contributed by atoms with Crippen molar-refractivity contribution in [2.45, 2.75) is 66.6 Å². The van der Waals surface area contributed by atoms with Gasteiger partial charge >= 0.3 is 0 Å². The van der Waals surface area contributed by atoms with Crippen LogP contribution >= 0.6 is 0 Å². The van der Waals surface area contributed by atoms with Crippen molar-refractivity contribution in [3.63, 3.8) is 0 Å². The molecule has 0 saturated heterocycles. The molecule has 132 valence electrons. The number of hydrogen-bond acceptors (Lipinski definition) is 1. The quantitative estimate of drug-likeness (QED) is 0.307.